The minimum absolute atomic E-state index is 0.232. The first-order chi connectivity index (χ1) is 9.20. The van der Waals surface area contributed by atoms with Crippen molar-refractivity contribution in [3.63, 3.8) is 0 Å². The van der Waals surface area contributed by atoms with Crippen molar-refractivity contribution in [3.05, 3.63) is 21.8 Å². The largest absolute Gasteiger partial charge is 0.419 e. The highest BCUT2D eigenvalue weighted by Crippen LogP contribution is 2.30. The van der Waals surface area contributed by atoms with E-state index in [9.17, 15) is 5.11 Å². The first-order valence-electron chi connectivity index (χ1n) is 6.19. The second kappa shape index (κ2) is 5.70. The fourth-order valence-electron chi connectivity index (χ4n) is 2.21. The minimum Gasteiger partial charge on any atom is -0.419 e. The molecule has 5 nitrogen and oxygen atoms in total. The molecule has 1 saturated heterocycles. The molecule has 1 aliphatic heterocycles. The Morgan fingerprint density at radius 3 is 3.11 bits per heavy atom. The van der Waals surface area contributed by atoms with Gasteiger partial charge in [-0.15, -0.1) is 21.5 Å². The first kappa shape index (κ1) is 13.2. The molecule has 2 aromatic rings. The number of halogens is 1. The van der Waals surface area contributed by atoms with Crippen LogP contribution in [0.4, 0.5) is 0 Å². The number of nitrogens with zero attached hydrogens (tertiary/aromatic N) is 3. The zero-order valence-corrected chi connectivity index (χ0v) is 12.7. The van der Waals surface area contributed by atoms with E-state index < -0.39 is 0 Å². The number of likely N-dealkylation sites (tertiary alicyclic amines) is 1. The molecule has 19 heavy (non-hydrogen) atoms. The molecule has 0 unspecified atom stereocenters. The van der Waals surface area contributed by atoms with Gasteiger partial charge in [0.05, 0.1) is 21.3 Å². The van der Waals surface area contributed by atoms with Gasteiger partial charge >= 0.3 is 0 Å². The summed E-state index contributed by atoms with van der Waals surface area (Å²) in [4.78, 5) is 3.11. The van der Waals surface area contributed by atoms with Crippen LogP contribution in [0.5, 0.6) is 0 Å². The number of piperidine rings is 1. The summed E-state index contributed by atoms with van der Waals surface area (Å²) in [6, 6.07) is 3.92. The highest BCUT2D eigenvalue weighted by Gasteiger charge is 2.20. The van der Waals surface area contributed by atoms with E-state index in [0.717, 1.165) is 28.0 Å². The fraction of sp³-hybridized carbons (Fsp3) is 0.500. The quantitative estimate of drug-likeness (QED) is 0.927. The Morgan fingerprint density at radius 2 is 2.37 bits per heavy atom. The topological polar surface area (TPSA) is 62.4 Å². The maximum atomic E-state index is 9.63. The number of thiophene rings is 1. The molecular weight excluding hydrogens is 330 g/mol. The summed E-state index contributed by atoms with van der Waals surface area (Å²) in [6.45, 7) is 2.26. The SMILES string of the molecule is O[C@H]1CCCN(Cc2nnc(-c3ccc(Br)s3)o2)C1. The third-order valence-electron chi connectivity index (χ3n) is 3.09. The molecule has 3 heterocycles. The molecule has 3 rings (SSSR count). The Kier molecular flexibility index (Phi) is 3.97. The monoisotopic (exact) mass is 343 g/mol. The molecule has 1 N–H and O–H groups in total. The van der Waals surface area contributed by atoms with E-state index in [1.165, 1.54) is 0 Å². The van der Waals surface area contributed by atoms with Crippen molar-refractivity contribution in [3.8, 4) is 10.8 Å². The van der Waals surface area contributed by atoms with Crippen LogP contribution in [-0.2, 0) is 6.54 Å². The van der Waals surface area contributed by atoms with Gasteiger partial charge in [-0.3, -0.25) is 4.90 Å². The van der Waals surface area contributed by atoms with Gasteiger partial charge in [0.15, 0.2) is 0 Å². The highest BCUT2D eigenvalue weighted by atomic mass is 79.9. The summed E-state index contributed by atoms with van der Waals surface area (Å²) in [5.74, 6) is 1.16. The molecule has 102 valence electrons. The van der Waals surface area contributed by atoms with E-state index in [4.69, 9.17) is 4.42 Å². The van der Waals surface area contributed by atoms with Crippen LogP contribution in [0.2, 0.25) is 0 Å². The number of hydrogen-bond donors (Lipinski definition) is 1. The number of aromatic nitrogens is 2. The Hall–Kier alpha value is -0.760. The van der Waals surface area contributed by atoms with Gasteiger partial charge in [-0.1, -0.05) is 0 Å². The van der Waals surface area contributed by atoms with Crippen LogP contribution in [0.3, 0.4) is 0 Å². The van der Waals surface area contributed by atoms with Gasteiger partial charge in [-0.2, -0.15) is 0 Å². The summed E-state index contributed by atoms with van der Waals surface area (Å²) < 4.78 is 6.71. The van der Waals surface area contributed by atoms with Crippen molar-refractivity contribution < 1.29 is 9.52 Å². The molecule has 0 aromatic carbocycles. The lowest BCUT2D eigenvalue weighted by atomic mass is 10.1. The maximum absolute atomic E-state index is 9.63. The molecule has 0 amide bonds. The van der Waals surface area contributed by atoms with Crippen LogP contribution in [0.1, 0.15) is 18.7 Å². The smallest absolute Gasteiger partial charge is 0.257 e. The third kappa shape index (κ3) is 3.22. The number of rotatable bonds is 3. The van der Waals surface area contributed by atoms with E-state index in [1.54, 1.807) is 11.3 Å². The summed E-state index contributed by atoms with van der Waals surface area (Å²) in [5.41, 5.74) is 0. The highest BCUT2D eigenvalue weighted by molar-refractivity contribution is 9.11. The van der Waals surface area contributed by atoms with E-state index in [0.29, 0.717) is 24.9 Å². The lowest BCUT2D eigenvalue weighted by Crippen LogP contribution is -2.37. The zero-order valence-electron chi connectivity index (χ0n) is 10.3. The number of β-amino-alcohol motifs (C(OH)–C–C–N with tert-alkyl or cyclic N) is 1. The van der Waals surface area contributed by atoms with Crippen LogP contribution in [0.15, 0.2) is 20.3 Å². The molecule has 1 aliphatic rings. The van der Waals surface area contributed by atoms with Crippen LogP contribution in [-0.4, -0.2) is 39.4 Å². The van der Waals surface area contributed by atoms with Crippen LogP contribution >= 0.6 is 27.3 Å². The van der Waals surface area contributed by atoms with Gasteiger partial charge < -0.3 is 9.52 Å². The van der Waals surface area contributed by atoms with Crippen molar-refractivity contribution in [2.24, 2.45) is 0 Å². The maximum Gasteiger partial charge on any atom is 0.257 e. The normalized spacial score (nSPS) is 20.8. The minimum atomic E-state index is -0.232. The average molecular weight is 344 g/mol. The molecular formula is C12H14BrN3O2S. The van der Waals surface area contributed by atoms with E-state index >= 15 is 0 Å². The van der Waals surface area contributed by atoms with Gasteiger partial charge in [-0.05, 0) is 47.4 Å². The lowest BCUT2D eigenvalue weighted by Gasteiger charge is -2.28. The number of aliphatic hydroxyl groups excluding tert-OH is 1. The first-order valence-corrected chi connectivity index (χ1v) is 7.80. The molecule has 0 aliphatic carbocycles. The molecule has 0 bridgehead atoms. The third-order valence-corrected chi connectivity index (χ3v) is 4.70. The van der Waals surface area contributed by atoms with Crippen molar-refractivity contribution in [2.45, 2.75) is 25.5 Å². The average Bonchev–Trinajstić information content (AvgIpc) is 2.98. The van der Waals surface area contributed by atoms with E-state index in [2.05, 4.69) is 31.0 Å². The number of aliphatic hydroxyl groups is 1. The Balaban J connectivity index is 1.68. The Morgan fingerprint density at radius 1 is 1.47 bits per heavy atom. The molecule has 7 heteroatoms. The summed E-state index contributed by atoms with van der Waals surface area (Å²) in [6.07, 6.45) is 1.67. The Bertz CT molecular complexity index is 557. The van der Waals surface area contributed by atoms with Gasteiger partial charge in [0, 0.05) is 6.54 Å². The second-order valence-electron chi connectivity index (χ2n) is 4.64. The lowest BCUT2D eigenvalue weighted by molar-refractivity contribution is 0.0625. The van der Waals surface area contributed by atoms with Gasteiger partial charge in [0.1, 0.15) is 0 Å². The molecule has 0 saturated carbocycles. The summed E-state index contributed by atoms with van der Waals surface area (Å²) in [7, 11) is 0. The van der Waals surface area contributed by atoms with Crippen molar-refractivity contribution in [2.75, 3.05) is 13.1 Å². The van der Waals surface area contributed by atoms with Crippen molar-refractivity contribution in [1.29, 1.82) is 0 Å². The summed E-state index contributed by atoms with van der Waals surface area (Å²) in [5, 5.41) is 17.8. The Labute approximate surface area is 123 Å². The van der Waals surface area contributed by atoms with Crippen molar-refractivity contribution in [1.82, 2.24) is 15.1 Å². The molecule has 0 radical (unpaired) electrons. The molecule has 0 spiro atoms. The van der Waals surface area contributed by atoms with Gasteiger partial charge in [-0.25, -0.2) is 0 Å². The number of hydrogen-bond acceptors (Lipinski definition) is 6. The zero-order chi connectivity index (χ0) is 13.2. The van der Waals surface area contributed by atoms with Crippen LogP contribution in [0.25, 0.3) is 10.8 Å². The second-order valence-corrected chi connectivity index (χ2v) is 7.10. The van der Waals surface area contributed by atoms with E-state index in [1.807, 2.05) is 12.1 Å². The van der Waals surface area contributed by atoms with Gasteiger partial charge in [0.25, 0.3) is 5.89 Å². The predicted octanol–water partition coefficient (Wildman–Crippen LogP) is 2.52. The standard InChI is InChI=1S/C12H14BrN3O2S/c13-10-4-3-9(19-10)12-15-14-11(18-12)7-16-5-1-2-8(17)6-16/h3-4,8,17H,1-2,5-7H2/t8-/m0/s1. The van der Waals surface area contributed by atoms with Gasteiger partial charge in [0.2, 0.25) is 5.89 Å². The van der Waals surface area contributed by atoms with Crippen LogP contribution < -0.4 is 0 Å². The predicted molar refractivity (Wildman–Crippen MR) is 75.8 cm³/mol. The molecule has 1 atom stereocenters. The summed E-state index contributed by atoms with van der Waals surface area (Å²) >= 11 is 4.98. The molecule has 1 fully saturated rings. The van der Waals surface area contributed by atoms with E-state index in [-0.39, 0.29) is 6.10 Å². The fourth-order valence-corrected chi connectivity index (χ4v) is 3.52. The molecule has 2 aromatic heterocycles. The van der Waals surface area contributed by atoms with Crippen molar-refractivity contribution >= 4 is 27.3 Å². The van der Waals surface area contributed by atoms with Crippen LogP contribution in [0, 0.1) is 0 Å².